The van der Waals surface area contributed by atoms with Crippen molar-refractivity contribution in [2.24, 2.45) is 11.7 Å². The average Bonchev–Trinajstić information content (AvgIpc) is 3.42. The number of primary amides is 1. The van der Waals surface area contributed by atoms with Gasteiger partial charge in [-0.3, -0.25) is 14.5 Å². The molecule has 5 aliphatic rings. The van der Waals surface area contributed by atoms with Crippen LogP contribution in [-0.2, 0) is 16.6 Å². The van der Waals surface area contributed by atoms with Crippen molar-refractivity contribution < 1.29 is 19.4 Å². The second kappa shape index (κ2) is 5.98. The van der Waals surface area contributed by atoms with Gasteiger partial charge in [-0.1, -0.05) is 6.07 Å². The quantitative estimate of drug-likeness (QED) is 0.682. The van der Waals surface area contributed by atoms with E-state index in [1.54, 1.807) is 6.07 Å². The van der Waals surface area contributed by atoms with Crippen LogP contribution in [0.25, 0.3) is 0 Å². The first kappa shape index (κ1) is 18.6. The molecule has 2 bridgehead atoms. The van der Waals surface area contributed by atoms with Crippen LogP contribution in [0.15, 0.2) is 12.1 Å². The number of aliphatic hydroxyl groups is 1. The maximum absolute atomic E-state index is 12.3. The number of carbonyl (C=O) groups excluding carboxylic acids is 2. The molecule has 6 rings (SSSR count). The smallest absolute Gasteiger partial charge is 0.252 e. The summed E-state index contributed by atoms with van der Waals surface area (Å²) in [6.07, 6.45) is 4.97. The van der Waals surface area contributed by atoms with Crippen molar-refractivity contribution in [2.45, 2.75) is 74.7 Å². The van der Waals surface area contributed by atoms with Crippen LogP contribution in [0.2, 0.25) is 0 Å². The van der Waals surface area contributed by atoms with Crippen LogP contribution in [0.1, 0.15) is 60.5 Å². The van der Waals surface area contributed by atoms with Gasteiger partial charge in [0.1, 0.15) is 11.9 Å². The number of likely N-dealkylation sites (tertiary alicyclic amines) is 1. The molecule has 5 atom stereocenters. The van der Waals surface area contributed by atoms with Gasteiger partial charge < -0.3 is 20.9 Å². The third-order valence-electron chi connectivity index (χ3n) is 8.44. The summed E-state index contributed by atoms with van der Waals surface area (Å²) in [6, 6.07) is 3.61. The van der Waals surface area contributed by atoms with Gasteiger partial charge in [-0.25, -0.2) is 0 Å². The number of nitrogens with one attached hydrogen (secondary N) is 1. The predicted molar refractivity (Wildman–Crippen MR) is 109 cm³/mol. The third-order valence-corrected chi connectivity index (χ3v) is 8.44. The van der Waals surface area contributed by atoms with E-state index in [1.807, 2.05) is 6.07 Å². The molecule has 1 saturated heterocycles. The zero-order valence-corrected chi connectivity index (χ0v) is 17.3. The Morgan fingerprint density at radius 1 is 1.30 bits per heavy atom. The van der Waals surface area contributed by atoms with Crippen molar-refractivity contribution in [3.05, 3.63) is 28.8 Å². The maximum atomic E-state index is 12.3. The van der Waals surface area contributed by atoms with Gasteiger partial charge in [0.25, 0.3) is 5.91 Å². The highest BCUT2D eigenvalue weighted by Gasteiger charge is 2.73. The number of benzene rings is 1. The van der Waals surface area contributed by atoms with E-state index in [2.05, 4.69) is 10.2 Å². The summed E-state index contributed by atoms with van der Waals surface area (Å²) in [4.78, 5) is 26.6. The minimum Gasteiger partial charge on any atom is -0.486 e. The molecule has 1 aromatic rings. The summed E-state index contributed by atoms with van der Waals surface area (Å²) >= 11 is 0. The van der Waals surface area contributed by atoms with Crippen LogP contribution in [0.3, 0.4) is 0 Å². The molecular weight excluding hydrogens is 382 g/mol. The van der Waals surface area contributed by atoms with E-state index in [9.17, 15) is 14.7 Å². The molecule has 3 fully saturated rings. The molecule has 4 N–H and O–H groups in total. The number of hydrogen-bond donors (Lipinski definition) is 3. The number of nitrogens with two attached hydrogens (primary N) is 1. The van der Waals surface area contributed by atoms with Crippen molar-refractivity contribution in [1.82, 2.24) is 10.2 Å². The molecule has 2 saturated carbocycles. The van der Waals surface area contributed by atoms with Crippen molar-refractivity contribution in [2.75, 3.05) is 13.1 Å². The number of amides is 2. The molecule has 3 aliphatic carbocycles. The summed E-state index contributed by atoms with van der Waals surface area (Å²) < 4.78 is 6.48. The lowest BCUT2D eigenvalue weighted by Crippen LogP contribution is -2.78. The zero-order chi connectivity index (χ0) is 20.8. The molecule has 7 heteroatoms. The van der Waals surface area contributed by atoms with Crippen molar-refractivity contribution in [3.63, 3.8) is 0 Å². The summed E-state index contributed by atoms with van der Waals surface area (Å²) in [6.45, 7) is 3.46. The molecule has 2 amide bonds. The second-order valence-corrected chi connectivity index (χ2v) is 10.0. The Kier molecular flexibility index (Phi) is 3.71. The van der Waals surface area contributed by atoms with Gasteiger partial charge in [-0.05, 0) is 62.6 Å². The molecule has 0 radical (unpaired) electrons. The topological polar surface area (TPSA) is 105 Å². The number of rotatable bonds is 4. The maximum Gasteiger partial charge on any atom is 0.252 e. The van der Waals surface area contributed by atoms with Gasteiger partial charge in [0, 0.05) is 25.1 Å². The van der Waals surface area contributed by atoms with Crippen LogP contribution < -0.4 is 15.8 Å². The van der Waals surface area contributed by atoms with E-state index in [4.69, 9.17) is 10.5 Å². The van der Waals surface area contributed by atoms with Crippen LogP contribution in [-0.4, -0.2) is 58.7 Å². The minimum atomic E-state index is -0.936. The van der Waals surface area contributed by atoms with Crippen molar-refractivity contribution in [3.8, 4) is 5.75 Å². The Morgan fingerprint density at radius 3 is 2.80 bits per heavy atom. The van der Waals surface area contributed by atoms with E-state index >= 15 is 0 Å². The Morgan fingerprint density at radius 2 is 2.10 bits per heavy atom. The number of nitrogens with zero attached hydrogens (tertiary/aromatic N) is 1. The molecule has 160 valence electrons. The fraction of sp³-hybridized carbons (Fsp3) is 0.652. The van der Waals surface area contributed by atoms with E-state index in [0.717, 1.165) is 43.0 Å². The molecule has 30 heavy (non-hydrogen) atoms. The minimum absolute atomic E-state index is 0.0362. The van der Waals surface area contributed by atoms with E-state index in [1.165, 1.54) is 19.8 Å². The van der Waals surface area contributed by atoms with E-state index < -0.39 is 16.9 Å². The van der Waals surface area contributed by atoms with Crippen molar-refractivity contribution >= 4 is 11.8 Å². The number of carbonyl (C=O) groups is 2. The van der Waals surface area contributed by atoms with Gasteiger partial charge in [0.05, 0.1) is 22.6 Å². The lowest BCUT2D eigenvalue weighted by Gasteiger charge is -2.64. The monoisotopic (exact) mass is 411 g/mol. The van der Waals surface area contributed by atoms with Crippen molar-refractivity contribution in [1.29, 1.82) is 0 Å². The average molecular weight is 412 g/mol. The summed E-state index contributed by atoms with van der Waals surface area (Å²) in [5, 5.41) is 15.4. The molecule has 0 unspecified atom stereocenters. The first-order valence-corrected chi connectivity index (χ1v) is 11.2. The zero-order valence-electron chi connectivity index (χ0n) is 17.3. The lowest BCUT2D eigenvalue weighted by molar-refractivity contribution is -0.192. The second-order valence-electron chi connectivity index (χ2n) is 10.0. The Bertz CT molecular complexity index is 960. The summed E-state index contributed by atoms with van der Waals surface area (Å²) in [5.41, 5.74) is 6.63. The fourth-order valence-corrected chi connectivity index (χ4v) is 7.10. The Labute approximate surface area is 175 Å². The SMILES string of the molecule is CC(=O)N[C@@H]1CC[C@@]2(O)[C@H]3Cc4ccc(C(N)=O)c5c4[C@@]2(CCN3CC2CC2)[C@H]1O5. The Balaban J connectivity index is 1.54. The van der Waals surface area contributed by atoms with Crippen LogP contribution in [0, 0.1) is 5.92 Å². The van der Waals surface area contributed by atoms with Gasteiger partial charge in [0.15, 0.2) is 0 Å². The highest BCUT2D eigenvalue weighted by atomic mass is 16.5. The van der Waals surface area contributed by atoms with Gasteiger partial charge in [0.2, 0.25) is 5.91 Å². The van der Waals surface area contributed by atoms with Crippen LogP contribution in [0.5, 0.6) is 5.75 Å². The lowest BCUT2D eigenvalue weighted by atomic mass is 9.48. The van der Waals surface area contributed by atoms with Crippen LogP contribution in [0.4, 0.5) is 0 Å². The van der Waals surface area contributed by atoms with Gasteiger partial charge in [-0.2, -0.15) is 0 Å². The number of ether oxygens (including phenoxy) is 1. The molecule has 1 aromatic carbocycles. The standard InChI is InChI=1S/C23H29N3O4/c1-12(27)25-16-6-7-23(29)17-10-14-4-5-15(21(24)28)19-18(14)22(23,20(16)30-19)8-9-26(17)11-13-2-3-13/h4-5,13,16-17,20,29H,2-3,6-11H2,1H3,(H2,24,28)(H,25,27)/t16-,17-,20+,22+,23-/m1/s1. The largest absolute Gasteiger partial charge is 0.486 e. The highest BCUT2D eigenvalue weighted by Crippen LogP contribution is 2.64. The van der Waals surface area contributed by atoms with Gasteiger partial charge in [-0.15, -0.1) is 0 Å². The first-order valence-electron chi connectivity index (χ1n) is 11.2. The molecule has 1 spiro atoms. The predicted octanol–water partition coefficient (Wildman–Crippen LogP) is 0.854. The highest BCUT2D eigenvalue weighted by molar-refractivity contribution is 5.97. The van der Waals surface area contributed by atoms with E-state index in [0.29, 0.717) is 24.2 Å². The summed E-state index contributed by atoms with van der Waals surface area (Å²) in [5.74, 6) is 0.670. The number of hydrogen-bond acceptors (Lipinski definition) is 5. The normalized spacial score (nSPS) is 38.5. The Hall–Kier alpha value is -2.12. The van der Waals surface area contributed by atoms with Crippen LogP contribution >= 0.6 is 0 Å². The molecule has 2 aliphatic heterocycles. The summed E-state index contributed by atoms with van der Waals surface area (Å²) in [7, 11) is 0. The van der Waals surface area contributed by atoms with Gasteiger partial charge >= 0.3 is 0 Å². The molecule has 7 nitrogen and oxygen atoms in total. The fourth-order valence-electron chi connectivity index (χ4n) is 7.10. The third kappa shape index (κ3) is 2.22. The molecule has 0 aromatic heterocycles. The first-order chi connectivity index (χ1) is 14.3. The van der Waals surface area contributed by atoms with E-state index in [-0.39, 0.29) is 24.1 Å². The molecule has 2 heterocycles. The molecular formula is C23H29N3O4. The number of piperidine rings is 1.